The van der Waals surface area contributed by atoms with Gasteiger partial charge in [0.25, 0.3) is 0 Å². The van der Waals surface area contributed by atoms with Gasteiger partial charge in [-0.15, -0.1) is 0 Å². The molecule has 124 valence electrons. The van der Waals surface area contributed by atoms with Gasteiger partial charge in [0, 0.05) is 24.3 Å². The average Bonchev–Trinajstić information content (AvgIpc) is 2.61. The van der Waals surface area contributed by atoms with Crippen LogP contribution in [0.1, 0.15) is 28.4 Å². The van der Waals surface area contributed by atoms with Gasteiger partial charge in [-0.05, 0) is 48.7 Å². The fourth-order valence-corrected chi connectivity index (χ4v) is 2.98. The summed E-state index contributed by atoms with van der Waals surface area (Å²) in [5.74, 6) is -0.533. The highest BCUT2D eigenvalue weighted by molar-refractivity contribution is 5.96. The molecule has 5 heteroatoms. The number of nitrogens with zero attached hydrogens (tertiary/aromatic N) is 1. The molecule has 1 atom stereocenters. The number of carbonyl (C=O) groups is 2. The van der Waals surface area contributed by atoms with E-state index in [2.05, 4.69) is 28.4 Å². The summed E-state index contributed by atoms with van der Waals surface area (Å²) in [7, 11) is 0. The first-order valence-electron chi connectivity index (χ1n) is 8.06. The van der Waals surface area contributed by atoms with Gasteiger partial charge in [0.05, 0.1) is 6.04 Å². The molecule has 5 nitrogen and oxygen atoms in total. The first kappa shape index (κ1) is 16.2. The first-order chi connectivity index (χ1) is 11.5. The molecule has 1 aliphatic rings. The summed E-state index contributed by atoms with van der Waals surface area (Å²) < 4.78 is 0. The van der Waals surface area contributed by atoms with E-state index in [9.17, 15) is 9.59 Å². The van der Waals surface area contributed by atoms with E-state index in [0.717, 1.165) is 19.5 Å². The third-order valence-corrected chi connectivity index (χ3v) is 4.52. The van der Waals surface area contributed by atoms with Crippen molar-refractivity contribution < 1.29 is 9.59 Å². The lowest BCUT2D eigenvalue weighted by Crippen LogP contribution is -2.44. The highest BCUT2D eigenvalue weighted by Gasteiger charge is 2.25. The maximum absolute atomic E-state index is 12.5. The Balaban J connectivity index is 1.64. The Labute approximate surface area is 141 Å². The Morgan fingerprint density at radius 1 is 1.08 bits per heavy atom. The highest BCUT2D eigenvalue weighted by Crippen LogP contribution is 2.21. The minimum atomic E-state index is -0.478. The van der Waals surface area contributed by atoms with Crippen LogP contribution in [0.5, 0.6) is 0 Å². The Kier molecular flexibility index (Phi) is 4.62. The molecule has 2 amide bonds. The predicted molar refractivity (Wildman–Crippen MR) is 93.6 cm³/mol. The van der Waals surface area contributed by atoms with Crippen LogP contribution < -0.4 is 11.1 Å². The van der Waals surface area contributed by atoms with Gasteiger partial charge in [0.15, 0.2) is 0 Å². The van der Waals surface area contributed by atoms with Crippen molar-refractivity contribution in [3.63, 3.8) is 0 Å². The van der Waals surface area contributed by atoms with Gasteiger partial charge in [0.2, 0.25) is 11.8 Å². The van der Waals surface area contributed by atoms with Crippen molar-refractivity contribution in [1.29, 1.82) is 0 Å². The van der Waals surface area contributed by atoms with E-state index in [1.165, 1.54) is 11.1 Å². The molecule has 2 aromatic carbocycles. The molecular weight excluding hydrogens is 302 g/mol. The van der Waals surface area contributed by atoms with E-state index < -0.39 is 5.91 Å². The van der Waals surface area contributed by atoms with Crippen LogP contribution in [0.3, 0.4) is 0 Å². The number of hydrogen-bond acceptors (Lipinski definition) is 3. The summed E-state index contributed by atoms with van der Waals surface area (Å²) in [5, 5.41) is 2.90. The zero-order valence-electron chi connectivity index (χ0n) is 13.7. The Bertz CT molecular complexity index is 755. The van der Waals surface area contributed by atoms with E-state index in [4.69, 9.17) is 5.73 Å². The fraction of sp³-hybridized carbons (Fsp3) is 0.263. The number of rotatable bonds is 4. The Hall–Kier alpha value is -2.66. The molecule has 0 radical (unpaired) electrons. The van der Waals surface area contributed by atoms with Crippen molar-refractivity contribution in [2.45, 2.75) is 25.9 Å². The standard InChI is InChI=1S/C19H21N3O2/c1-13(22-11-10-14-4-2-3-5-16(14)12-22)19(24)21-17-8-6-15(7-9-17)18(20)23/h2-9,13H,10-12H2,1H3,(H2,20,23)(H,21,24)/t13-/m1/s1. The molecule has 3 N–H and O–H groups in total. The highest BCUT2D eigenvalue weighted by atomic mass is 16.2. The molecule has 0 bridgehead atoms. The molecule has 2 aromatic rings. The predicted octanol–water partition coefficient (Wildman–Crippen LogP) is 2.17. The lowest BCUT2D eigenvalue weighted by Gasteiger charge is -2.32. The van der Waals surface area contributed by atoms with Gasteiger partial charge in [0.1, 0.15) is 0 Å². The third kappa shape index (κ3) is 3.46. The lowest BCUT2D eigenvalue weighted by molar-refractivity contribution is -0.121. The molecule has 3 rings (SSSR count). The number of hydrogen-bond donors (Lipinski definition) is 2. The zero-order chi connectivity index (χ0) is 17.1. The number of amides is 2. The van der Waals surface area contributed by atoms with Gasteiger partial charge < -0.3 is 11.1 Å². The van der Waals surface area contributed by atoms with Crippen LogP contribution in [0.25, 0.3) is 0 Å². The number of fused-ring (bicyclic) bond motifs is 1. The van der Waals surface area contributed by atoms with Crippen LogP contribution in [0, 0.1) is 0 Å². The van der Waals surface area contributed by atoms with E-state index >= 15 is 0 Å². The second kappa shape index (κ2) is 6.84. The van der Waals surface area contributed by atoms with Crippen molar-refractivity contribution in [1.82, 2.24) is 4.90 Å². The lowest BCUT2D eigenvalue weighted by atomic mass is 9.99. The van der Waals surface area contributed by atoms with E-state index in [0.29, 0.717) is 11.3 Å². The molecule has 24 heavy (non-hydrogen) atoms. The molecule has 0 saturated heterocycles. The largest absolute Gasteiger partial charge is 0.366 e. The number of nitrogens with one attached hydrogen (secondary N) is 1. The maximum atomic E-state index is 12.5. The second-order valence-corrected chi connectivity index (χ2v) is 6.10. The first-order valence-corrected chi connectivity index (χ1v) is 8.06. The maximum Gasteiger partial charge on any atom is 0.248 e. The second-order valence-electron chi connectivity index (χ2n) is 6.10. The minimum Gasteiger partial charge on any atom is -0.366 e. The minimum absolute atomic E-state index is 0.0544. The van der Waals surface area contributed by atoms with Crippen LogP contribution in [0.15, 0.2) is 48.5 Å². The summed E-state index contributed by atoms with van der Waals surface area (Å²) in [6, 6.07) is 14.7. The topological polar surface area (TPSA) is 75.4 Å². The van der Waals surface area contributed by atoms with Crippen LogP contribution in [0.2, 0.25) is 0 Å². The van der Waals surface area contributed by atoms with Crippen molar-refractivity contribution in [3.8, 4) is 0 Å². The van der Waals surface area contributed by atoms with Crippen LogP contribution in [-0.4, -0.2) is 29.3 Å². The summed E-state index contributed by atoms with van der Waals surface area (Å²) in [6.45, 7) is 3.57. The van der Waals surface area contributed by atoms with Crippen molar-refractivity contribution in [3.05, 3.63) is 65.2 Å². The number of primary amides is 1. The van der Waals surface area contributed by atoms with Crippen LogP contribution in [-0.2, 0) is 17.8 Å². The molecule has 0 fully saturated rings. The monoisotopic (exact) mass is 323 g/mol. The molecule has 0 aliphatic carbocycles. The number of anilines is 1. The number of carbonyl (C=O) groups excluding carboxylic acids is 2. The normalized spacial score (nSPS) is 15.4. The van der Waals surface area contributed by atoms with Gasteiger partial charge in [-0.25, -0.2) is 0 Å². The summed E-state index contributed by atoms with van der Waals surface area (Å²) in [5.41, 5.74) is 8.95. The molecule has 0 spiro atoms. The zero-order valence-corrected chi connectivity index (χ0v) is 13.7. The summed E-state index contributed by atoms with van der Waals surface area (Å²) in [6.07, 6.45) is 0.959. The summed E-state index contributed by atoms with van der Waals surface area (Å²) in [4.78, 5) is 25.8. The van der Waals surface area contributed by atoms with E-state index in [1.54, 1.807) is 24.3 Å². The van der Waals surface area contributed by atoms with Crippen molar-refractivity contribution in [2.24, 2.45) is 5.73 Å². The van der Waals surface area contributed by atoms with Gasteiger partial charge >= 0.3 is 0 Å². The smallest absolute Gasteiger partial charge is 0.248 e. The molecule has 0 unspecified atom stereocenters. The van der Waals surface area contributed by atoms with Gasteiger partial charge in [-0.3, -0.25) is 14.5 Å². The summed E-state index contributed by atoms with van der Waals surface area (Å²) >= 11 is 0. The Morgan fingerprint density at radius 3 is 2.42 bits per heavy atom. The average molecular weight is 323 g/mol. The molecular formula is C19H21N3O2. The fourth-order valence-electron chi connectivity index (χ4n) is 2.98. The van der Waals surface area contributed by atoms with E-state index in [-0.39, 0.29) is 11.9 Å². The Morgan fingerprint density at radius 2 is 1.75 bits per heavy atom. The third-order valence-electron chi connectivity index (χ3n) is 4.52. The number of benzene rings is 2. The SMILES string of the molecule is C[C@H](C(=O)Nc1ccc(C(N)=O)cc1)N1CCc2ccccc2C1. The molecule has 1 aliphatic heterocycles. The van der Waals surface area contributed by atoms with Gasteiger partial charge in [-0.1, -0.05) is 24.3 Å². The van der Waals surface area contributed by atoms with Crippen molar-refractivity contribution in [2.75, 3.05) is 11.9 Å². The van der Waals surface area contributed by atoms with Gasteiger partial charge in [-0.2, -0.15) is 0 Å². The van der Waals surface area contributed by atoms with Crippen molar-refractivity contribution >= 4 is 17.5 Å². The van der Waals surface area contributed by atoms with Crippen LogP contribution >= 0.6 is 0 Å². The van der Waals surface area contributed by atoms with E-state index in [1.807, 2.05) is 13.0 Å². The molecule has 1 heterocycles. The molecule has 0 aromatic heterocycles. The number of nitrogens with two attached hydrogens (primary N) is 1. The van der Waals surface area contributed by atoms with Crippen LogP contribution in [0.4, 0.5) is 5.69 Å². The quantitative estimate of drug-likeness (QED) is 0.905. The molecule has 0 saturated carbocycles.